The number of aryl methyl sites for hydroxylation is 3. The van der Waals surface area contributed by atoms with Crippen molar-refractivity contribution in [3.05, 3.63) is 114 Å². The third kappa shape index (κ3) is 3.49. The van der Waals surface area contributed by atoms with Gasteiger partial charge in [0.1, 0.15) is 24.0 Å². The van der Waals surface area contributed by atoms with Gasteiger partial charge in [0.15, 0.2) is 5.82 Å². The summed E-state index contributed by atoms with van der Waals surface area (Å²) in [7, 11) is 1.65. The Balaban J connectivity index is 1.58. The standard InChI is InChI=1S/C32H24F2NO/c1-19-9-14-24-25-15-16-26(33)30(23-12-10-22(11-13-23)21-7-5-4-6-8-21)32(25)36-31(24)29(19)28-17-20(2)27(34)18-35(28)3/h4-18H,1-3H3/q+1/i2D3. The normalized spacial score (nSPS) is 13.1. The molecule has 0 N–H and O–H groups in total. The van der Waals surface area contributed by atoms with Crippen molar-refractivity contribution in [1.29, 1.82) is 0 Å². The summed E-state index contributed by atoms with van der Waals surface area (Å²) < 4.78 is 61.3. The summed E-state index contributed by atoms with van der Waals surface area (Å²) in [5.74, 6) is -1.22. The van der Waals surface area contributed by atoms with Crippen LogP contribution in [-0.4, -0.2) is 0 Å². The van der Waals surface area contributed by atoms with Crippen LogP contribution in [-0.2, 0) is 7.05 Å². The van der Waals surface area contributed by atoms with Gasteiger partial charge in [0.25, 0.3) is 0 Å². The van der Waals surface area contributed by atoms with E-state index in [4.69, 9.17) is 8.53 Å². The Hall–Kier alpha value is -4.31. The van der Waals surface area contributed by atoms with Gasteiger partial charge in [-0.2, -0.15) is 4.57 Å². The lowest BCUT2D eigenvalue weighted by atomic mass is 9.97. The topological polar surface area (TPSA) is 17.0 Å². The average Bonchev–Trinajstić information content (AvgIpc) is 3.27. The number of aromatic nitrogens is 1. The van der Waals surface area contributed by atoms with E-state index in [-0.39, 0.29) is 5.56 Å². The van der Waals surface area contributed by atoms with Crippen LogP contribution in [0.2, 0.25) is 0 Å². The minimum Gasteiger partial charge on any atom is -0.454 e. The van der Waals surface area contributed by atoms with Crippen molar-refractivity contribution in [2.45, 2.75) is 13.8 Å². The van der Waals surface area contributed by atoms with Gasteiger partial charge < -0.3 is 4.42 Å². The third-order valence-electron chi connectivity index (χ3n) is 6.73. The van der Waals surface area contributed by atoms with Crippen molar-refractivity contribution in [2.75, 3.05) is 0 Å². The smallest absolute Gasteiger partial charge is 0.216 e. The quantitative estimate of drug-likeness (QED) is 0.233. The zero-order chi connectivity index (χ0) is 27.5. The number of nitrogens with zero attached hydrogens (tertiary/aromatic N) is 1. The molecule has 4 aromatic carbocycles. The average molecular weight is 480 g/mol. The molecule has 6 rings (SSSR count). The molecule has 0 radical (unpaired) electrons. The number of benzene rings is 4. The largest absolute Gasteiger partial charge is 0.454 e. The van der Waals surface area contributed by atoms with Crippen LogP contribution in [0.1, 0.15) is 15.2 Å². The SMILES string of the molecule is [2H]C([2H])([2H])c1cc(-c2c(C)ccc3c2oc2c(-c4ccc(-c5ccccc5)cc4)c(F)ccc23)[n+](C)cc1F. The molecule has 6 aromatic rings. The molecule has 0 saturated heterocycles. The lowest BCUT2D eigenvalue weighted by molar-refractivity contribution is -0.662. The van der Waals surface area contributed by atoms with Gasteiger partial charge in [0, 0.05) is 21.0 Å². The van der Waals surface area contributed by atoms with Gasteiger partial charge in [-0.3, -0.25) is 0 Å². The fourth-order valence-corrected chi connectivity index (χ4v) is 4.89. The molecule has 0 atom stereocenters. The van der Waals surface area contributed by atoms with Gasteiger partial charge in [0.05, 0.1) is 11.1 Å². The highest BCUT2D eigenvalue weighted by molar-refractivity contribution is 6.13. The van der Waals surface area contributed by atoms with Crippen molar-refractivity contribution in [3.8, 4) is 33.5 Å². The van der Waals surface area contributed by atoms with Gasteiger partial charge in [-0.1, -0.05) is 66.7 Å². The van der Waals surface area contributed by atoms with E-state index in [0.29, 0.717) is 33.6 Å². The van der Waals surface area contributed by atoms with E-state index in [1.807, 2.05) is 73.7 Å². The van der Waals surface area contributed by atoms with E-state index in [1.165, 1.54) is 12.1 Å². The van der Waals surface area contributed by atoms with E-state index in [2.05, 4.69) is 0 Å². The molecule has 0 saturated carbocycles. The van der Waals surface area contributed by atoms with Gasteiger partial charge in [-0.25, -0.2) is 8.78 Å². The van der Waals surface area contributed by atoms with Crippen LogP contribution in [0.15, 0.2) is 95.5 Å². The fraction of sp³-hybridized carbons (Fsp3) is 0.0938. The molecule has 0 fully saturated rings. The first-order valence-electron chi connectivity index (χ1n) is 13.1. The number of pyridine rings is 1. The molecular formula is C32H24F2NO+. The molecule has 4 heteroatoms. The first-order chi connectivity index (χ1) is 18.6. The molecule has 0 spiro atoms. The van der Waals surface area contributed by atoms with E-state index in [9.17, 15) is 4.39 Å². The van der Waals surface area contributed by atoms with E-state index in [0.717, 1.165) is 33.7 Å². The maximum atomic E-state index is 15.4. The van der Waals surface area contributed by atoms with Gasteiger partial charge in [-0.15, -0.1) is 0 Å². The molecule has 0 aliphatic carbocycles. The molecular weight excluding hydrogens is 452 g/mol. The van der Waals surface area contributed by atoms with Crippen molar-refractivity contribution in [2.24, 2.45) is 7.05 Å². The van der Waals surface area contributed by atoms with Crippen molar-refractivity contribution in [1.82, 2.24) is 0 Å². The third-order valence-corrected chi connectivity index (χ3v) is 6.73. The summed E-state index contributed by atoms with van der Waals surface area (Å²) in [6.45, 7) is -0.741. The van der Waals surface area contributed by atoms with Crippen LogP contribution >= 0.6 is 0 Å². The summed E-state index contributed by atoms with van der Waals surface area (Å²) in [4.78, 5) is 0. The van der Waals surface area contributed by atoms with Crippen LogP contribution in [0.3, 0.4) is 0 Å². The molecule has 176 valence electrons. The van der Waals surface area contributed by atoms with Crippen LogP contribution in [0.5, 0.6) is 0 Å². The first-order valence-corrected chi connectivity index (χ1v) is 11.6. The predicted molar refractivity (Wildman–Crippen MR) is 141 cm³/mol. The number of hydrogen-bond acceptors (Lipinski definition) is 1. The molecule has 0 aliphatic rings. The molecule has 2 heterocycles. The second-order valence-electron chi connectivity index (χ2n) is 9.01. The van der Waals surface area contributed by atoms with E-state index in [1.54, 1.807) is 17.7 Å². The highest BCUT2D eigenvalue weighted by atomic mass is 19.1. The van der Waals surface area contributed by atoms with Crippen LogP contribution in [0.4, 0.5) is 8.78 Å². The van der Waals surface area contributed by atoms with Crippen LogP contribution in [0.25, 0.3) is 55.4 Å². The number of fused-ring (bicyclic) bond motifs is 3. The fourth-order valence-electron chi connectivity index (χ4n) is 4.89. The number of halogens is 2. The molecule has 36 heavy (non-hydrogen) atoms. The van der Waals surface area contributed by atoms with Crippen molar-refractivity contribution < 1.29 is 21.9 Å². The highest BCUT2D eigenvalue weighted by Crippen LogP contribution is 2.42. The lowest BCUT2D eigenvalue weighted by Gasteiger charge is -2.07. The maximum Gasteiger partial charge on any atom is 0.216 e. The van der Waals surface area contributed by atoms with E-state index < -0.39 is 18.5 Å². The zero-order valence-corrected chi connectivity index (χ0v) is 19.8. The predicted octanol–water partition coefficient (Wildman–Crippen LogP) is 8.31. The highest BCUT2D eigenvalue weighted by Gasteiger charge is 2.24. The Morgan fingerprint density at radius 1 is 0.694 bits per heavy atom. The summed E-state index contributed by atoms with van der Waals surface area (Å²) in [5, 5.41) is 1.49. The van der Waals surface area contributed by atoms with E-state index >= 15 is 4.39 Å². The second-order valence-corrected chi connectivity index (χ2v) is 9.01. The van der Waals surface area contributed by atoms with Crippen molar-refractivity contribution in [3.63, 3.8) is 0 Å². The number of hydrogen-bond donors (Lipinski definition) is 0. The van der Waals surface area contributed by atoms with Crippen LogP contribution in [0, 0.1) is 25.4 Å². The van der Waals surface area contributed by atoms with Crippen molar-refractivity contribution >= 4 is 21.9 Å². The molecule has 0 unspecified atom stereocenters. The zero-order valence-electron chi connectivity index (χ0n) is 22.8. The summed E-state index contributed by atoms with van der Waals surface area (Å²) in [6, 6.07) is 25.9. The number of rotatable bonds is 3. The minimum absolute atomic E-state index is 0.346. The van der Waals surface area contributed by atoms with Gasteiger partial charge in [0.2, 0.25) is 11.9 Å². The van der Waals surface area contributed by atoms with Gasteiger partial charge in [-0.05, 0) is 53.7 Å². The monoisotopic (exact) mass is 479 g/mol. The van der Waals surface area contributed by atoms with Gasteiger partial charge >= 0.3 is 0 Å². The molecule has 0 aliphatic heterocycles. The Bertz CT molecular complexity index is 1880. The summed E-state index contributed by atoms with van der Waals surface area (Å²) in [6.07, 6.45) is 1.16. The first kappa shape index (κ1) is 18.9. The minimum atomic E-state index is -2.62. The second kappa shape index (κ2) is 8.42. The Morgan fingerprint density at radius 3 is 2.06 bits per heavy atom. The summed E-state index contributed by atoms with van der Waals surface area (Å²) >= 11 is 0. The Labute approximate surface area is 212 Å². The number of furan rings is 1. The summed E-state index contributed by atoms with van der Waals surface area (Å²) in [5.41, 5.74) is 5.54. The lowest BCUT2D eigenvalue weighted by Crippen LogP contribution is -2.31. The molecule has 2 aromatic heterocycles. The van der Waals surface area contributed by atoms with Crippen LogP contribution < -0.4 is 4.57 Å². The molecule has 2 nitrogen and oxygen atoms in total. The Kier molecular flexibility index (Phi) is 4.43. The maximum absolute atomic E-state index is 15.4. The Morgan fingerprint density at radius 2 is 1.33 bits per heavy atom. The molecule has 0 bridgehead atoms. The molecule has 0 amide bonds.